The molecule has 2 N–H and O–H groups in total. The lowest BCUT2D eigenvalue weighted by molar-refractivity contribution is 0.389. The van der Waals surface area contributed by atoms with Gasteiger partial charge in [0.1, 0.15) is 0 Å². The van der Waals surface area contributed by atoms with Crippen LogP contribution in [0.25, 0.3) is 0 Å². The molecule has 3 nitrogen and oxygen atoms in total. The number of nitrogens with zero attached hydrogens (tertiary/aromatic N) is 1. The topological polar surface area (TPSA) is 45.1 Å². The molecule has 0 saturated carbocycles. The van der Waals surface area contributed by atoms with Gasteiger partial charge in [-0.1, -0.05) is 13.8 Å². The SMILES string of the molecule is CC.ONc1ccncc1.[HH]. The molecule has 10 heavy (non-hydrogen) atoms. The minimum atomic E-state index is 0. The Kier molecular flexibility index (Phi) is 5.38. The van der Waals surface area contributed by atoms with Gasteiger partial charge in [0.05, 0.1) is 5.69 Å². The number of anilines is 1. The molecule has 0 saturated heterocycles. The number of rotatable bonds is 1. The van der Waals surface area contributed by atoms with Crippen molar-refractivity contribution in [1.29, 1.82) is 0 Å². The first kappa shape index (κ1) is 8.91. The Morgan fingerprint density at radius 2 is 1.90 bits per heavy atom. The molecule has 0 aliphatic carbocycles. The van der Waals surface area contributed by atoms with Crippen molar-refractivity contribution in [2.75, 3.05) is 5.48 Å². The summed E-state index contributed by atoms with van der Waals surface area (Å²) in [5, 5.41) is 8.26. The third-order valence-corrected chi connectivity index (χ3v) is 0.809. The Morgan fingerprint density at radius 3 is 2.20 bits per heavy atom. The highest BCUT2D eigenvalue weighted by Gasteiger charge is 1.80. The highest BCUT2D eigenvalue weighted by molar-refractivity contribution is 5.37. The van der Waals surface area contributed by atoms with Crippen LogP contribution in [0.15, 0.2) is 24.5 Å². The van der Waals surface area contributed by atoms with Crippen molar-refractivity contribution in [1.82, 2.24) is 4.98 Å². The standard InChI is InChI=1S/C5H6N2O.C2H6.H2/c8-7-5-1-3-6-4-2-5;1-2;/h1-4,8H,(H,6,7);1-2H3;1H. The van der Waals surface area contributed by atoms with E-state index < -0.39 is 0 Å². The van der Waals surface area contributed by atoms with E-state index in [9.17, 15) is 0 Å². The van der Waals surface area contributed by atoms with Crippen LogP contribution in [0.4, 0.5) is 5.69 Å². The fraction of sp³-hybridized carbons (Fsp3) is 0.286. The number of hydrogen-bond donors (Lipinski definition) is 2. The molecule has 1 aromatic heterocycles. The van der Waals surface area contributed by atoms with Crippen LogP contribution in [-0.2, 0) is 0 Å². The predicted molar refractivity (Wildman–Crippen MR) is 43.1 cm³/mol. The molecular weight excluding hydrogens is 128 g/mol. The minimum absolute atomic E-state index is 0. The van der Waals surface area contributed by atoms with Crippen LogP contribution in [0.3, 0.4) is 0 Å². The van der Waals surface area contributed by atoms with Crippen LogP contribution in [0, 0.1) is 0 Å². The lowest BCUT2D eigenvalue weighted by atomic mass is 10.4. The van der Waals surface area contributed by atoms with Crippen LogP contribution >= 0.6 is 0 Å². The van der Waals surface area contributed by atoms with Gasteiger partial charge >= 0.3 is 0 Å². The van der Waals surface area contributed by atoms with E-state index in [1.54, 1.807) is 24.5 Å². The molecule has 0 atom stereocenters. The minimum Gasteiger partial charge on any atom is -0.291 e. The van der Waals surface area contributed by atoms with Gasteiger partial charge in [-0.2, -0.15) is 0 Å². The Bertz CT molecular complexity index is 158. The molecule has 0 radical (unpaired) electrons. The molecule has 0 aromatic carbocycles. The third-order valence-electron chi connectivity index (χ3n) is 0.809. The van der Waals surface area contributed by atoms with Crippen molar-refractivity contribution in [2.24, 2.45) is 0 Å². The molecule has 0 amide bonds. The summed E-state index contributed by atoms with van der Waals surface area (Å²) in [5.74, 6) is 0. The second-order valence-corrected chi connectivity index (χ2v) is 1.35. The highest BCUT2D eigenvalue weighted by atomic mass is 16.5. The molecule has 0 fully saturated rings. The third kappa shape index (κ3) is 3.04. The van der Waals surface area contributed by atoms with Crippen molar-refractivity contribution in [2.45, 2.75) is 13.8 Å². The second kappa shape index (κ2) is 6.04. The number of aromatic nitrogens is 1. The number of hydrogen-bond acceptors (Lipinski definition) is 3. The van der Waals surface area contributed by atoms with Gasteiger partial charge in [-0.25, -0.2) is 0 Å². The van der Waals surface area contributed by atoms with Crippen LogP contribution < -0.4 is 5.48 Å². The van der Waals surface area contributed by atoms with E-state index in [4.69, 9.17) is 5.21 Å². The van der Waals surface area contributed by atoms with E-state index >= 15 is 0 Å². The van der Waals surface area contributed by atoms with Gasteiger partial charge in [-0.05, 0) is 12.1 Å². The molecule has 1 rings (SSSR count). The Labute approximate surface area is 62.2 Å². The first-order valence-electron chi connectivity index (χ1n) is 3.23. The summed E-state index contributed by atoms with van der Waals surface area (Å²) >= 11 is 0. The average molecular weight is 142 g/mol. The van der Waals surface area contributed by atoms with Gasteiger partial charge < -0.3 is 0 Å². The van der Waals surface area contributed by atoms with Crippen molar-refractivity contribution >= 4 is 5.69 Å². The zero-order valence-electron chi connectivity index (χ0n) is 6.20. The van der Waals surface area contributed by atoms with Crippen LogP contribution in [-0.4, -0.2) is 10.2 Å². The molecule has 0 spiro atoms. The van der Waals surface area contributed by atoms with Gasteiger partial charge in [-0.15, -0.1) is 0 Å². The maximum absolute atomic E-state index is 8.26. The largest absolute Gasteiger partial charge is 0.291 e. The summed E-state index contributed by atoms with van der Waals surface area (Å²) in [6, 6.07) is 3.33. The first-order chi connectivity index (χ1) is 4.93. The van der Waals surface area contributed by atoms with Crippen LogP contribution in [0.1, 0.15) is 15.3 Å². The van der Waals surface area contributed by atoms with Crippen molar-refractivity contribution in [3.8, 4) is 0 Å². The fourth-order valence-electron chi connectivity index (χ4n) is 0.426. The molecule has 0 unspecified atom stereocenters. The van der Waals surface area contributed by atoms with E-state index in [-0.39, 0.29) is 1.43 Å². The highest BCUT2D eigenvalue weighted by Crippen LogP contribution is 1.99. The van der Waals surface area contributed by atoms with E-state index in [2.05, 4.69) is 4.98 Å². The molecule has 1 heterocycles. The fourth-order valence-corrected chi connectivity index (χ4v) is 0.426. The monoisotopic (exact) mass is 142 g/mol. The zero-order valence-corrected chi connectivity index (χ0v) is 6.20. The maximum Gasteiger partial charge on any atom is 0.0632 e. The predicted octanol–water partition coefficient (Wildman–Crippen LogP) is 2.15. The molecule has 58 valence electrons. The summed E-state index contributed by atoms with van der Waals surface area (Å²) in [6.45, 7) is 4.00. The Balaban J connectivity index is 0. The maximum atomic E-state index is 8.26. The second-order valence-electron chi connectivity index (χ2n) is 1.35. The Morgan fingerprint density at radius 1 is 1.40 bits per heavy atom. The first-order valence-corrected chi connectivity index (χ1v) is 3.23. The van der Waals surface area contributed by atoms with Gasteiger partial charge in [-0.3, -0.25) is 15.7 Å². The quantitative estimate of drug-likeness (QED) is 0.590. The molecule has 0 bridgehead atoms. The summed E-state index contributed by atoms with van der Waals surface area (Å²) < 4.78 is 0. The summed E-state index contributed by atoms with van der Waals surface area (Å²) in [4.78, 5) is 3.74. The van der Waals surface area contributed by atoms with Gasteiger partial charge in [0.25, 0.3) is 0 Å². The van der Waals surface area contributed by atoms with Crippen LogP contribution in [0.2, 0.25) is 0 Å². The Hall–Kier alpha value is -1.09. The molecular formula is C7H14N2O. The van der Waals surface area contributed by atoms with Crippen molar-refractivity contribution in [3.63, 3.8) is 0 Å². The average Bonchev–Trinajstić information content (AvgIpc) is 2.10. The van der Waals surface area contributed by atoms with Gasteiger partial charge in [0.15, 0.2) is 0 Å². The van der Waals surface area contributed by atoms with E-state index in [1.807, 2.05) is 19.3 Å². The molecule has 3 heteroatoms. The molecule has 1 aromatic rings. The number of pyridine rings is 1. The van der Waals surface area contributed by atoms with Gasteiger partial charge in [0, 0.05) is 13.8 Å². The van der Waals surface area contributed by atoms with E-state index in [0.29, 0.717) is 5.69 Å². The summed E-state index contributed by atoms with van der Waals surface area (Å²) in [7, 11) is 0. The summed E-state index contributed by atoms with van der Waals surface area (Å²) in [6.07, 6.45) is 3.19. The van der Waals surface area contributed by atoms with Crippen molar-refractivity contribution < 1.29 is 6.63 Å². The smallest absolute Gasteiger partial charge is 0.0632 e. The van der Waals surface area contributed by atoms with E-state index in [1.165, 1.54) is 0 Å². The lowest BCUT2D eigenvalue weighted by Crippen LogP contribution is -1.86. The molecule has 0 aliphatic heterocycles. The molecule has 0 aliphatic rings. The van der Waals surface area contributed by atoms with Crippen molar-refractivity contribution in [3.05, 3.63) is 24.5 Å². The normalized spacial score (nSPS) is 7.50. The van der Waals surface area contributed by atoms with Gasteiger partial charge in [0.2, 0.25) is 0 Å². The summed E-state index contributed by atoms with van der Waals surface area (Å²) in [5.41, 5.74) is 2.64. The van der Waals surface area contributed by atoms with Crippen LogP contribution in [0.5, 0.6) is 0 Å². The van der Waals surface area contributed by atoms with E-state index in [0.717, 1.165) is 0 Å². The zero-order chi connectivity index (χ0) is 7.82. The lowest BCUT2D eigenvalue weighted by Gasteiger charge is -1.92. The number of nitrogens with one attached hydrogen (secondary N) is 1.